The van der Waals surface area contributed by atoms with Crippen LogP contribution >= 0.6 is 11.8 Å². The van der Waals surface area contributed by atoms with Gasteiger partial charge in [-0.2, -0.15) is 4.98 Å². The van der Waals surface area contributed by atoms with Crippen LogP contribution in [0.25, 0.3) is 22.2 Å². The molecular weight excluding hydrogens is 450 g/mol. The van der Waals surface area contributed by atoms with E-state index in [4.69, 9.17) is 4.74 Å². The molecule has 1 amide bonds. The maximum atomic E-state index is 13.4. The van der Waals surface area contributed by atoms with Crippen LogP contribution < -0.4 is 9.64 Å². The highest BCUT2D eigenvalue weighted by molar-refractivity contribution is 7.98. The molecule has 0 saturated carbocycles. The Hall–Kier alpha value is -3.72. The number of benzene rings is 2. The molecule has 0 bridgehead atoms. The average Bonchev–Trinajstić information content (AvgIpc) is 3.20. The fourth-order valence-electron chi connectivity index (χ4n) is 4.22. The number of carbonyl (C=O) groups is 2. The van der Waals surface area contributed by atoms with Gasteiger partial charge in [0.25, 0.3) is 0 Å². The van der Waals surface area contributed by atoms with Crippen molar-refractivity contribution in [1.82, 2.24) is 19.7 Å². The van der Waals surface area contributed by atoms with Crippen molar-refractivity contribution in [2.75, 3.05) is 11.2 Å². The lowest BCUT2D eigenvalue weighted by atomic mass is 10.1. The van der Waals surface area contributed by atoms with Gasteiger partial charge in [-0.05, 0) is 18.4 Å². The summed E-state index contributed by atoms with van der Waals surface area (Å²) in [5.41, 5.74) is 3.30. The Labute approximate surface area is 201 Å². The first kappa shape index (κ1) is 22.1. The molecular formula is C25H23N5O3S. The lowest BCUT2D eigenvalue weighted by Gasteiger charge is -2.30. The largest absolute Gasteiger partial charge is 0.447 e. The van der Waals surface area contributed by atoms with E-state index in [1.165, 1.54) is 11.8 Å². The van der Waals surface area contributed by atoms with Crippen LogP contribution in [0.2, 0.25) is 0 Å². The maximum absolute atomic E-state index is 13.4. The second-order valence-corrected chi connectivity index (χ2v) is 8.55. The highest BCUT2D eigenvalue weighted by atomic mass is 32.2. The predicted octanol–water partition coefficient (Wildman–Crippen LogP) is 5.10. The van der Waals surface area contributed by atoms with Gasteiger partial charge >= 0.3 is 0 Å². The normalized spacial score (nSPS) is 14.8. The lowest BCUT2D eigenvalue weighted by molar-refractivity contribution is -0.120. The summed E-state index contributed by atoms with van der Waals surface area (Å²) in [5.74, 6) is 0.128. The van der Waals surface area contributed by atoms with Gasteiger partial charge in [-0.3, -0.25) is 19.1 Å². The standard InChI is InChI=1S/C25H23N5O3S/c1-4-20(31)29-14-17(15-10-6-8-12-18(15)29)24-30(21(32)5-2)19-13-9-7-11-16(19)22-23(33-24)26-25(34-3)28-27-22/h6-14,24H,4-5H2,1-3H3/t24-/m1/s1. The van der Waals surface area contributed by atoms with Gasteiger partial charge in [0.05, 0.1) is 11.2 Å². The van der Waals surface area contributed by atoms with Crippen LogP contribution in [0.1, 0.15) is 43.3 Å². The Kier molecular flexibility index (Phi) is 5.79. The molecule has 0 spiro atoms. The second-order valence-electron chi connectivity index (χ2n) is 7.78. The summed E-state index contributed by atoms with van der Waals surface area (Å²) in [6, 6.07) is 15.1. The van der Waals surface area contributed by atoms with E-state index < -0.39 is 6.23 Å². The number of nitrogens with zero attached hydrogens (tertiary/aromatic N) is 5. The van der Waals surface area contributed by atoms with Crippen molar-refractivity contribution in [1.29, 1.82) is 0 Å². The summed E-state index contributed by atoms with van der Waals surface area (Å²) in [5, 5.41) is 9.89. The Morgan fingerprint density at radius 2 is 1.74 bits per heavy atom. The molecule has 9 heteroatoms. The Morgan fingerprint density at radius 3 is 2.50 bits per heavy atom. The number of fused-ring (bicyclic) bond motifs is 4. The number of aromatic nitrogens is 4. The first-order chi connectivity index (χ1) is 16.6. The van der Waals surface area contributed by atoms with Crippen LogP contribution in [0.3, 0.4) is 0 Å². The van der Waals surface area contributed by atoms with Crippen LogP contribution in [-0.4, -0.2) is 37.8 Å². The quantitative estimate of drug-likeness (QED) is 0.381. The SMILES string of the molecule is CCC(=O)N1c2ccccc2-c2nnc(SC)nc2O[C@@H]1c1cn(C(=O)CC)c2ccccc12. The first-order valence-electron chi connectivity index (χ1n) is 11.1. The smallest absolute Gasteiger partial charge is 0.247 e. The van der Waals surface area contributed by atoms with Gasteiger partial charge in [-0.15, -0.1) is 10.2 Å². The van der Waals surface area contributed by atoms with Crippen LogP contribution in [-0.2, 0) is 4.79 Å². The number of carbonyl (C=O) groups excluding carboxylic acids is 2. The highest BCUT2D eigenvalue weighted by Gasteiger charge is 2.37. The van der Waals surface area contributed by atoms with Crippen LogP contribution in [0.5, 0.6) is 5.88 Å². The zero-order chi connectivity index (χ0) is 23.8. The monoisotopic (exact) mass is 473 g/mol. The molecule has 0 aliphatic carbocycles. The topological polar surface area (TPSA) is 90.2 Å². The third-order valence-corrected chi connectivity index (χ3v) is 6.38. The predicted molar refractivity (Wildman–Crippen MR) is 131 cm³/mol. The van der Waals surface area contributed by atoms with E-state index in [0.717, 1.165) is 10.9 Å². The molecule has 2 aromatic carbocycles. The van der Waals surface area contributed by atoms with Crippen molar-refractivity contribution in [2.45, 2.75) is 38.1 Å². The van der Waals surface area contributed by atoms with E-state index in [2.05, 4.69) is 15.2 Å². The molecule has 8 nitrogen and oxygen atoms in total. The Morgan fingerprint density at radius 1 is 1.00 bits per heavy atom. The summed E-state index contributed by atoms with van der Waals surface area (Å²) in [7, 11) is 0. The zero-order valence-electron chi connectivity index (χ0n) is 19.1. The molecule has 1 aliphatic heterocycles. The molecule has 34 heavy (non-hydrogen) atoms. The van der Waals surface area contributed by atoms with Gasteiger partial charge < -0.3 is 4.74 Å². The average molecular weight is 474 g/mol. The third kappa shape index (κ3) is 3.52. The minimum absolute atomic E-state index is 0.0427. The number of hydrogen-bond acceptors (Lipinski definition) is 7. The summed E-state index contributed by atoms with van der Waals surface area (Å²) in [6.07, 6.45) is 3.40. The number of ether oxygens (including phenoxy) is 1. The lowest BCUT2D eigenvalue weighted by Crippen LogP contribution is -2.37. The molecule has 2 aromatic heterocycles. The second kappa shape index (κ2) is 8.90. The van der Waals surface area contributed by atoms with Gasteiger partial charge in [-0.25, -0.2) is 0 Å². The minimum Gasteiger partial charge on any atom is -0.447 e. The molecule has 3 heterocycles. The van der Waals surface area contributed by atoms with Crippen molar-refractivity contribution in [2.24, 2.45) is 0 Å². The van der Waals surface area contributed by atoms with Crippen molar-refractivity contribution in [3.63, 3.8) is 0 Å². The number of thioether (sulfide) groups is 1. The van der Waals surface area contributed by atoms with Gasteiger partial charge in [0.1, 0.15) is 0 Å². The molecule has 0 saturated heterocycles. The Bertz CT molecular complexity index is 1420. The fourth-order valence-corrected chi connectivity index (χ4v) is 4.52. The number of amides is 1. The summed E-state index contributed by atoms with van der Waals surface area (Å²) >= 11 is 1.36. The minimum atomic E-state index is -0.850. The molecule has 1 aliphatic rings. The summed E-state index contributed by atoms with van der Waals surface area (Å²) in [4.78, 5) is 32.4. The van der Waals surface area contributed by atoms with Gasteiger partial charge in [0.2, 0.25) is 29.1 Å². The number of para-hydroxylation sites is 2. The number of rotatable bonds is 4. The number of anilines is 1. The van der Waals surface area contributed by atoms with Crippen molar-refractivity contribution in [3.05, 3.63) is 60.3 Å². The molecule has 0 fully saturated rings. The first-order valence-corrected chi connectivity index (χ1v) is 12.3. The van der Waals surface area contributed by atoms with E-state index in [9.17, 15) is 9.59 Å². The molecule has 0 unspecified atom stereocenters. The molecule has 0 N–H and O–H groups in total. The van der Waals surface area contributed by atoms with Crippen LogP contribution in [0.4, 0.5) is 5.69 Å². The van der Waals surface area contributed by atoms with Gasteiger partial charge in [-0.1, -0.05) is 62.0 Å². The van der Waals surface area contributed by atoms with Gasteiger partial charge in [0.15, 0.2) is 5.69 Å². The maximum Gasteiger partial charge on any atom is 0.247 e. The number of hydrogen-bond donors (Lipinski definition) is 0. The van der Waals surface area contributed by atoms with Gasteiger partial charge in [0, 0.05) is 35.6 Å². The van der Waals surface area contributed by atoms with E-state index in [-0.39, 0.29) is 18.2 Å². The van der Waals surface area contributed by atoms with E-state index in [1.807, 2.05) is 68.6 Å². The molecule has 0 radical (unpaired) electrons. The summed E-state index contributed by atoms with van der Waals surface area (Å²) < 4.78 is 8.12. The summed E-state index contributed by atoms with van der Waals surface area (Å²) in [6.45, 7) is 3.64. The molecule has 4 aromatic rings. The zero-order valence-corrected chi connectivity index (χ0v) is 19.9. The molecule has 5 rings (SSSR count). The van der Waals surface area contributed by atoms with Crippen molar-refractivity contribution < 1.29 is 14.3 Å². The van der Waals surface area contributed by atoms with Crippen molar-refractivity contribution in [3.8, 4) is 17.1 Å². The Balaban J connectivity index is 1.81. The van der Waals surface area contributed by atoms with Crippen LogP contribution in [0.15, 0.2) is 59.9 Å². The van der Waals surface area contributed by atoms with E-state index in [0.29, 0.717) is 40.0 Å². The van der Waals surface area contributed by atoms with Crippen molar-refractivity contribution >= 4 is 40.2 Å². The molecule has 1 atom stereocenters. The van der Waals surface area contributed by atoms with Crippen LogP contribution in [0, 0.1) is 0 Å². The fraction of sp³-hybridized carbons (Fsp3) is 0.240. The highest BCUT2D eigenvalue weighted by Crippen LogP contribution is 2.45. The third-order valence-electron chi connectivity index (χ3n) is 5.85. The molecule has 172 valence electrons. The van der Waals surface area contributed by atoms with E-state index in [1.54, 1.807) is 15.7 Å². The van der Waals surface area contributed by atoms with E-state index >= 15 is 0 Å².